The van der Waals surface area contributed by atoms with Crippen molar-refractivity contribution in [2.24, 2.45) is 5.73 Å². The Kier molecular flexibility index (Phi) is 3.36. The van der Waals surface area contributed by atoms with E-state index in [0.717, 1.165) is 23.5 Å². The van der Waals surface area contributed by atoms with Crippen LogP contribution in [0.5, 0.6) is 11.5 Å². The van der Waals surface area contributed by atoms with Gasteiger partial charge in [-0.1, -0.05) is 30.3 Å². The Balaban J connectivity index is 1.90. The lowest BCUT2D eigenvalue weighted by Crippen LogP contribution is -2.29. The topological polar surface area (TPSA) is 44.5 Å². The SMILES string of the molecule is COc1ccc(C(N)C2Cc3ccccc32)c(OC)c1. The number of ether oxygens (including phenoxy) is 2. The fraction of sp³-hybridized carbons (Fsp3) is 0.294. The number of methoxy groups -OCH3 is 2. The first-order valence-electron chi connectivity index (χ1n) is 6.80. The van der Waals surface area contributed by atoms with Gasteiger partial charge in [0, 0.05) is 23.6 Å². The van der Waals surface area contributed by atoms with Gasteiger partial charge in [-0.3, -0.25) is 0 Å². The zero-order chi connectivity index (χ0) is 14.1. The van der Waals surface area contributed by atoms with E-state index in [-0.39, 0.29) is 6.04 Å². The lowest BCUT2D eigenvalue weighted by Gasteiger charge is -2.35. The first-order valence-corrected chi connectivity index (χ1v) is 6.80. The van der Waals surface area contributed by atoms with Gasteiger partial charge in [-0.25, -0.2) is 0 Å². The molecule has 0 amide bonds. The van der Waals surface area contributed by atoms with Crippen LogP contribution in [0.1, 0.15) is 28.7 Å². The molecule has 0 fully saturated rings. The van der Waals surface area contributed by atoms with Crippen LogP contribution >= 0.6 is 0 Å². The van der Waals surface area contributed by atoms with Gasteiger partial charge >= 0.3 is 0 Å². The lowest BCUT2D eigenvalue weighted by atomic mass is 9.72. The molecule has 3 nitrogen and oxygen atoms in total. The van der Waals surface area contributed by atoms with E-state index in [1.54, 1.807) is 14.2 Å². The monoisotopic (exact) mass is 269 g/mol. The van der Waals surface area contributed by atoms with Crippen LogP contribution in [-0.2, 0) is 6.42 Å². The van der Waals surface area contributed by atoms with Gasteiger partial charge in [0.1, 0.15) is 11.5 Å². The Morgan fingerprint density at radius 2 is 1.90 bits per heavy atom. The molecule has 0 saturated heterocycles. The summed E-state index contributed by atoms with van der Waals surface area (Å²) in [6.07, 6.45) is 1.03. The Labute approximate surface area is 119 Å². The predicted octanol–water partition coefficient (Wildman–Crippen LogP) is 3.04. The zero-order valence-corrected chi connectivity index (χ0v) is 11.8. The van der Waals surface area contributed by atoms with E-state index < -0.39 is 0 Å². The number of hydrogen-bond donors (Lipinski definition) is 1. The summed E-state index contributed by atoms with van der Waals surface area (Å²) in [5, 5.41) is 0. The summed E-state index contributed by atoms with van der Waals surface area (Å²) in [5.41, 5.74) is 10.3. The molecule has 3 heteroatoms. The maximum Gasteiger partial charge on any atom is 0.127 e. The van der Waals surface area contributed by atoms with Gasteiger partial charge in [0.05, 0.1) is 14.2 Å². The maximum atomic E-state index is 6.46. The van der Waals surface area contributed by atoms with Crippen LogP contribution in [0.4, 0.5) is 0 Å². The van der Waals surface area contributed by atoms with Crippen molar-refractivity contribution in [1.82, 2.24) is 0 Å². The van der Waals surface area contributed by atoms with Crippen LogP contribution in [0.2, 0.25) is 0 Å². The van der Waals surface area contributed by atoms with Crippen molar-refractivity contribution in [3.63, 3.8) is 0 Å². The molecular weight excluding hydrogens is 250 g/mol. The fourth-order valence-electron chi connectivity index (χ4n) is 2.93. The van der Waals surface area contributed by atoms with E-state index in [9.17, 15) is 0 Å². The summed E-state index contributed by atoms with van der Waals surface area (Å²) >= 11 is 0. The Bertz CT molecular complexity index is 624. The van der Waals surface area contributed by atoms with Gasteiger partial charge in [-0.05, 0) is 23.6 Å². The van der Waals surface area contributed by atoms with Crippen LogP contribution in [-0.4, -0.2) is 14.2 Å². The van der Waals surface area contributed by atoms with Crippen molar-refractivity contribution in [3.05, 3.63) is 59.2 Å². The molecule has 0 bridgehead atoms. The number of nitrogens with two attached hydrogens (primary N) is 1. The van der Waals surface area contributed by atoms with E-state index in [1.165, 1.54) is 11.1 Å². The molecule has 2 aromatic rings. The summed E-state index contributed by atoms with van der Waals surface area (Å²) in [4.78, 5) is 0. The third-order valence-electron chi connectivity index (χ3n) is 4.13. The van der Waals surface area contributed by atoms with Crippen molar-refractivity contribution in [2.45, 2.75) is 18.4 Å². The summed E-state index contributed by atoms with van der Waals surface area (Å²) in [7, 11) is 3.32. The second-order valence-corrected chi connectivity index (χ2v) is 5.14. The molecule has 2 unspecified atom stereocenters. The van der Waals surface area contributed by atoms with E-state index in [1.807, 2.05) is 18.2 Å². The molecule has 0 radical (unpaired) electrons. The summed E-state index contributed by atoms with van der Waals surface area (Å²) in [6, 6.07) is 14.3. The zero-order valence-electron chi connectivity index (χ0n) is 11.8. The molecule has 0 saturated carbocycles. The van der Waals surface area contributed by atoms with Gasteiger partial charge in [0.25, 0.3) is 0 Å². The highest BCUT2D eigenvalue weighted by atomic mass is 16.5. The lowest BCUT2D eigenvalue weighted by molar-refractivity contribution is 0.382. The van der Waals surface area contributed by atoms with Gasteiger partial charge < -0.3 is 15.2 Å². The molecule has 3 rings (SSSR count). The van der Waals surface area contributed by atoms with Crippen LogP contribution < -0.4 is 15.2 Å². The van der Waals surface area contributed by atoms with E-state index in [4.69, 9.17) is 15.2 Å². The minimum absolute atomic E-state index is 0.0502. The summed E-state index contributed by atoms with van der Waals surface area (Å²) in [5.74, 6) is 1.95. The quantitative estimate of drug-likeness (QED) is 0.927. The molecule has 0 aliphatic heterocycles. The standard InChI is InChI=1S/C17H19NO2/c1-19-12-7-8-14(16(10-12)20-2)17(18)15-9-11-5-3-4-6-13(11)15/h3-8,10,15,17H,9,18H2,1-2H3. The third kappa shape index (κ3) is 2.04. The molecule has 0 aromatic heterocycles. The van der Waals surface area contributed by atoms with Crippen LogP contribution in [0.15, 0.2) is 42.5 Å². The molecule has 20 heavy (non-hydrogen) atoms. The molecular formula is C17H19NO2. The van der Waals surface area contributed by atoms with E-state index >= 15 is 0 Å². The molecule has 104 valence electrons. The number of hydrogen-bond acceptors (Lipinski definition) is 3. The predicted molar refractivity (Wildman–Crippen MR) is 79.4 cm³/mol. The number of benzene rings is 2. The van der Waals surface area contributed by atoms with E-state index in [2.05, 4.69) is 24.3 Å². The Morgan fingerprint density at radius 3 is 2.60 bits per heavy atom. The molecule has 2 N–H and O–H groups in total. The first kappa shape index (κ1) is 13.0. The van der Waals surface area contributed by atoms with E-state index in [0.29, 0.717) is 5.92 Å². The summed E-state index contributed by atoms with van der Waals surface area (Å²) < 4.78 is 10.7. The Hall–Kier alpha value is -2.00. The van der Waals surface area contributed by atoms with Crippen molar-refractivity contribution >= 4 is 0 Å². The van der Waals surface area contributed by atoms with Crippen LogP contribution in [0.3, 0.4) is 0 Å². The molecule has 0 spiro atoms. The molecule has 2 atom stereocenters. The fourth-order valence-corrected chi connectivity index (χ4v) is 2.93. The highest BCUT2D eigenvalue weighted by molar-refractivity contribution is 5.48. The van der Waals surface area contributed by atoms with Crippen molar-refractivity contribution in [2.75, 3.05) is 14.2 Å². The average molecular weight is 269 g/mol. The van der Waals surface area contributed by atoms with Crippen LogP contribution in [0, 0.1) is 0 Å². The average Bonchev–Trinajstić information content (AvgIpc) is 2.47. The van der Waals surface area contributed by atoms with Crippen molar-refractivity contribution in [1.29, 1.82) is 0 Å². The maximum absolute atomic E-state index is 6.46. The largest absolute Gasteiger partial charge is 0.497 e. The molecule has 2 aromatic carbocycles. The minimum atomic E-state index is -0.0502. The normalized spacial score (nSPS) is 17.9. The molecule has 1 aliphatic carbocycles. The highest BCUT2D eigenvalue weighted by Crippen LogP contribution is 2.44. The number of rotatable bonds is 4. The van der Waals surface area contributed by atoms with Crippen molar-refractivity contribution < 1.29 is 9.47 Å². The molecule has 0 heterocycles. The van der Waals surface area contributed by atoms with Gasteiger partial charge in [-0.2, -0.15) is 0 Å². The highest BCUT2D eigenvalue weighted by Gasteiger charge is 2.32. The smallest absolute Gasteiger partial charge is 0.127 e. The second-order valence-electron chi connectivity index (χ2n) is 5.14. The number of fused-ring (bicyclic) bond motifs is 1. The third-order valence-corrected chi connectivity index (χ3v) is 4.13. The van der Waals surface area contributed by atoms with Gasteiger partial charge in [0.15, 0.2) is 0 Å². The van der Waals surface area contributed by atoms with Crippen molar-refractivity contribution in [3.8, 4) is 11.5 Å². The van der Waals surface area contributed by atoms with Crippen LogP contribution in [0.25, 0.3) is 0 Å². The Morgan fingerprint density at radius 1 is 1.10 bits per heavy atom. The van der Waals surface area contributed by atoms with Gasteiger partial charge in [0.2, 0.25) is 0 Å². The molecule has 1 aliphatic rings. The summed E-state index contributed by atoms with van der Waals surface area (Å²) in [6.45, 7) is 0. The minimum Gasteiger partial charge on any atom is -0.497 e. The van der Waals surface area contributed by atoms with Gasteiger partial charge in [-0.15, -0.1) is 0 Å². The second kappa shape index (κ2) is 5.17. The first-order chi connectivity index (χ1) is 9.74.